The first-order chi connectivity index (χ1) is 42.3. The summed E-state index contributed by atoms with van der Waals surface area (Å²) in [5, 5.41) is 45.0. The summed E-state index contributed by atoms with van der Waals surface area (Å²) < 4.78 is 20.4. The van der Waals surface area contributed by atoms with E-state index in [-0.39, 0.29) is 71.1 Å². The molecule has 4 aromatic rings. The highest BCUT2D eigenvalue weighted by Crippen LogP contribution is 2.23. The van der Waals surface area contributed by atoms with Gasteiger partial charge in [-0.3, -0.25) is 24.0 Å². The molecule has 0 aliphatic rings. The molecule has 0 saturated heterocycles. The highest BCUT2D eigenvalue weighted by atomic mass is 16.6. The first kappa shape index (κ1) is 80.0. The Morgan fingerprint density at radius 2 is 0.618 bits per heavy atom. The average molecular weight is 1240 g/mol. The monoisotopic (exact) mass is 1240 g/mol. The van der Waals surface area contributed by atoms with Gasteiger partial charge in [-0.2, -0.15) is 0 Å². The molecule has 0 unspecified atom stereocenters. The van der Waals surface area contributed by atoms with Crippen molar-refractivity contribution in [1.29, 1.82) is 0 Å². The van der Waals surface area contributed by atoms with Crippen molar-refractivity contribution in [3.05, 3.63) is 142 Å². The summed E-state index contributed by atoms with van der Waals surface area (Å²) in [5.41, 5.74) is 10.8. The Hall–Kier alpha value is -7.03. The number of carbonyl (C=O) groups excluding carboxylic acids is 7. The lowest BCUT2D eigenvalue weighted by atomic mass is 9.90. The number of aryl methyl sites for hydroxylation is 8. The molecule has 0 aliphatic carbocycles. The second-order valence-corrected chi connectivity index (χ2v) is 22.8. The van der Waals surface area contributed by atoms with Gasteiger partial charge in [-0.1, -0.05) is 150 Å². The van der Waals surface area contributed by atoms with Gasteiger partial charge in [-0.25, -0.2) is 9.59 Å². The van der Waals surface area contributed by atoms with Crippen LogP contribution in [0.5, 0.6) is 0 Å². The van der Waals surface area contributed by atoms with Crippen LogP contribution in [0, 0.1) is 0 Å². The predicted octanol–water partition coefficient (Wildman–Crippen LogP) is 7.83. The van der Waals surface area contributed by atoms with Crippen LogP contribution < -0.4 is 21.7 Å². The molecule has 19 nitrogen and oxygen atoms in total. The van der Waals surface area contributed by atoms with Gasteiger partial charge in [-0.15, -0.1) is 0 Å². The number of amides is 3. The van der Waals surface area contributed by atoms with Crippen molar-refractivity contribution in [1.82, 2.24) is 16.0 Å². The minimum atomic E-state index is -1.83. The van der Waals surface area contributed by atoms with Gasteiger partial charge in [0.2, 0.25) is 23.3 Å². The zero-order valence-corrected chi connectivity index (χ0v) is 55.1. The minimum absolute atomic E-state index is 0.0525. The zero-order valence-electron chi connectivity index (χ0n) is 55.1. The van der Waals surface area contributed by atoms with Crippen molar-refractivity contribution < 1.29 is 72.9 Å². The third kappa shape index (κ3) is 31.8. The first-order valence-corrected chi connectivity index (χ1v) is 31.3. The van der Waals surface area contributed by atoms with Crippen LogP contribution in [0.3, 0.4) is 0 Å². The van der Waals surface area contributed by atoms with Gasteiger partial charge in [0.1, 0.15) is 18.8 Å². The van der Waals surface area contributed by atoms with Crippen LogP contribution in [-0.2, 0) is 104 Å². The summed E-state index contributed by atoms with van der Waals surface area (Å²) in [7, 11) is 0. The highest BCUT2D eigenvalue weighted by Gasteiger charge is 2.49. The molecule has 0 bridgehead atoms. The third-order valence-corrected chi connectivity index (χ3v) is 14.6. The standard InChI is InChI=1S/2C20H29NO5.C16H25NO3.C14H23NO2/c1-5-6-18-7-9-19(10-8-18)11-12-20(21-15(2)22,13-25-16(3)23)14-26-17(4)24;1-5-8-16-9-11-17(12-10-16)13-14-20(21-15(4)22,18(23)25-6-2)19(24)26-7-3;1-3-4-14-5-7-15(8-6-14)9-10-16(11-18,12-19)17-13(2)20;1-2-3-12-4-6-13(7-5-12)8-9-14(15,10-16)11-17/h7-10H,5-6,11-14H2,1-4H3,(H,21,22);9-12H,5-8,13-14H2,1-4H3,(H,21,22);5-8,18-19H,3-4,9-12H2,1-2H3,(H,17,20);4-7,16-17H,2-3,8-11,15H2,1H3. The van der Waals surface area contributed by atoms with Crippen molar-refractivity contribution in [3.63, 3.8) is 0 Å². The second kappa shape index (κ2) is 43.6. The third-order valence-electron chi connectivity index (χ3n) is 14.6. The van der Waals surface area contributed by atoms with E-state index >= 15 is 0 Å². The maximum atomic E-state index is 12.5. The quantitative estimate of drug-likeness (QED) is 0.0124. The Kier molecular flexibility index (Phi) is 39.2. The maximum absolute atomic E-state index is 12.5. The number of nitrogens with two attached hydrogens (primary N) is 1. The topological polar surface area (TPSA) is 299 Å². The number of aliphatic hydroxyl groups excluding tert-OH is 4. The maximum Gasteiger partial charge on any atom is 0.343 e. The largest absolute Gasteiger partial charge is 0.464 e. The van der Waals surface area contributed by atoms with E-state index in [1.807, 2.05) is 24.3 Å². The number of hydrogen-bond donors (Lipinski definition) is 8. The molecule has 89 heavy (non-hydrogen) atoms. The summed E-state index contributed by atoms with van der Waals surface area (Å²) in [6.07, 6.45) is 12.8. The van der Waals surface area contributed by atoms with Crippen LogP contribution in [0.4, 0.5) is 0 Å². The van der Waals surface area contributed by atoms with Crippen molar-refractivity contribution >= 4 is 41.6 Å². The fourth-order valence-electron chi connectivity index (χ4n) is 9.50. The molecular formula is C70H106N4O15. The molecule has 0 heterocycles. The van der Waals surface area contributed by atoms with Crippen molar-refractivity contribution in [2.45, 2.75) is 201 Å². The number of benzene rings is 4. The Labute approximate surface area is 529 Å². The van der Waals surface area contributed by atoms with Gasteiger partial charge in [0.25, 0.3) is 0 Å². The molecule has 0 fully saturated rings. The van der Waals surface area contributed by atoms with Gasteiger partial charge in [0.05, 0.1) is 50.7 Å². The van der Waals surface area contributed by atoms with Gasteiger partial charge in [0.15, 0.2) is 0 Å². The van der Waals surface area contributed by atoms with Crippen LogP contribution in [0.15, 0.2) is 97.1 Å². The summed E-state index contributed by atoms with van der Waals surface area (Å²) in [5.74, 6) is -3.51. The molecule has 496 valence electrons. The van der Waals surface area contributed by atoms with E-state index in [2.05, 4.69) is 116 Å². The first-order valence-electron chi connectivity index (χ1n) is 31.3. The lowest BCUT2D eigenvalue weighted by molar-refractivity contribution is -0.168. The normalized spacial score (nSPS) is 11.2. The van der Waals surface area contributed by atoms with Crippen LogP contribution in [0.2, 0.25) is 0 Å². The van der Waals surface area contributed by atoms with Crippen LogP contribution in [0.1, 0.15) is 172 Å². The van der Waals surface area contributed by atoms with Gasteiger partial charge in [-0.05, 0) is 135 Å². The SMILES string of the molecule is CCCc1ccc(CCC(CO)(CO)NC(C)=O)cc1.CCCc1ccc(CCC(COC(C)=O)(COC(C)=O)NC(C)=O)cc1.CCCc1ccc(CCC(N)(CO)CO)cc1.CCCc1ccc(CCC(NC(C)=O)(C(=O)OCC)C(=O)OCC)cc1. The molecule has 0 spiro atoms. The second-order valence-electron chi connectivity index (χ2n) is 22.8. The van der Waals surface area contributed by atoms with Gasteiger partial charge < -0.3 is 61.1 Å². The van der Waals surface area contributed by atoms with E-state index in [1.165, 1.54) is 62.4 Å². The molecular weight excluding hydrogens is 1140 g/mol. The lowest BCUT2D eigenvalue weighted by Gasteiger charge is -2.33. The summed E-state index contributed by atoms with van der Waals surface area (Å²) in [4.78, 5) is 82.1. The van der Waals surface area contributed by atoms with Gasteiger partial charge in [0, 0.05) is 34.6 Å². The number of ether oxygens (including phenoxy) is 4. The lowest BCUT2D eigenvalue weighted by Crippen LogP contribution is -2.61. The molecule has 0 saturated carbocycles. The van der Waals surface area contributed by atoms with E-state index in [4.69, 9.17) is 34.9 Å². The van der Waals surface area contributed by atoms with Gasteiger partial charge >= 0.3 is 23.9 Å². The van der Waals surface area contributed by atoms with E-state index in [1.54, 1.807) is 13.8 Å². The highest BCUT2D eigenvalue weighted by molar-refractivity contribution is 6.07. The van der Waals surface area contributed by atoms with Crippen molar-refractivity contribution in [3.8, 4) is 0 Å². The fraction of sp³-hybridized carbons (Fsp3) is 0.557. The molecule has 0 radical (unpaired) electrons. The Bertz CT molecular complexity index is 2640. The summed E-state index contributed by atoms with van der Waals surface area (Å²) >= 11 is 0. The van der Waals surface area contributed by atoms with Crippen molar-refractivity contribution in [2.24, 2.45) is 5.73 Å². The predicted molar refractivity (Wildman–Crippen MR) is 346 cm³/mol. The molecule has 4 aromatic carbocycles. The number of carbonyl (C=O) groups is 7. The average Bonchev–Trinajstić information content (AvgIpc) is 2.21. The molecule has 19 heteroatoms. The fourth-order valence-corrected chi connectivity index (χ4v) is 9.50. The molecule has 0 aromatic heterocycles. The molecule has 4 rings (SSSR count). The number of nitrogens with one attached hydrogen (secondary N) is 3. The van der Waals surface area contributed by atoms with Crippen LogP contribution in [-0.4, -0.2) is 137 Å². The molecule has 0 aliphatic heterocycles. The summed E-state index contributed by atoms with van der Waals surface area (Å²) in [6, 6.07) is 33.1. The van der Waals surface area contributed by atoms with E-state index in [9.17, 15) is 43.8 Å². The molecule has 0 atom stereocenters. The number of rotatable bonds is 35. The Morgan fingerprint density at radius 3 is 0.865 bits per heavy atom. The number of aliphatic hydroxyl groups is 4. The number of esters is 4. The zero-order chi connectivity index (χ0) is 66.9. The molecule has 9 N–H and O–H groups in total. The minimum Gasteiger partial charge on any atom is -0.464 e. The van der Waals surface area contributed by atoms with Crippen molar-refractivity contribution in [2.75, 3.05) is 52.9 Å². The van der Waals surface area contributed by atoms with E-state index < -0.39 is 51.9 Å². The van der Waals surface area contributed by atoms with E-state index in [0.29, 0.717) is 38.5 Å². The Balaban J connectivity index is 0.000000601. The summed E-state index contributed by atoms with van der Waals surface area (Å²) in [6.45, 7) is 17.7. The number of hydrogen-bond acceptors (Lipinski definition) is 16. The van der Waals surface area contributed by atoms with Crippen LogP contribution >= 0.6 is 0 Å². The smallest absolute Gasteiger partial charge is 0.343 e. The molecule has 3 amide bonds. The van der Waals surface area contributed by atoms with Crippen LogP contribution in [0.25, 0.3) is 0 Å². The van der Waals surface area contributed by atoms with E-state index in [0.717, 1.165) is 74.5 Å². The Morgan fingerprint density at radius 1 is 0.360 bits per heavy atom.